The van der Waals surface area contributed by atoms with Crippen LogP contribution in [-0.4, -0.2) is 23.3 Å². The predicted molar refractivity (Wildman–Crippen MR) is 103 cm³/mol. The zero-order valence-electron chi connectivity index (χ0n) is 13.9. The summed E-state index contributed by atoms with van der Waals surface area (Å²) in [6, 6.07) is 8.69. The quantitative estimate of drug-likeness (QED) is 0.466. The van der Waals surface area contributed by atoms with Crippen LogP contribution < -0.4 is 10.2 Å². The molecule has 1 aromatic heterocycles. The average molecular weight is 387 g/mol. The van der Waals surface area contributed by atoms with E-state index in [0.717, 1.165) is 0 Å². The average Bonchev–Trinajstić information content (AvgIpc) is 3.05. The number of amides is 2. The molecule has 2 amide bonds. The van der Waals surface area contributed by atoms with Crippen LogP contribution >= 0.6 is 22.9 Å². The number of carbonyl (C=O) groups excluding carboxylic acids is 2. The van der Waals surface area contributed by atoms with Gasteiger partial charge in [0.1, 0.15) is 11.6 Å². The minimum Gasteiger partial charge on any atom is -0.348 e. The van der Waals surface area contributed by atoms with Crippen molar-refractivity contribution >= 4 is 51.6 Å². The first-order valence-electron chi connectivity index (χ1n) is 7.49. The number of nitrogens with one attached hydrogen (secondary N) is 1. The lowest BCUT2D eigenvalue weighted by atomic mass is 10.2. The minimum absolute atomic E-state index is 0.0826. The zero-order chi connectivity index (χ0) is 19.1. The lowest BCUT2D eigenvalue weighted by Gasteiger charge is -2.18. The van der Waals surface area contributed by atoms with Crippen LogP contribution in [0.5, 0.6) is 0 Å². The molecular weight excluding hydrogens is 372 g/mol. The molecule has 1 heterocycles. The van der Waals surface area contributed by atoms with E-state index in [4.69, 9.17) is 16.9 Å². The normalized spacial score (nSPS) is 10.7. The molecule has 132 valence electrons. The van der Waals surface area contributed by atoms with E-state index < -0.39 is 5.91 Å². The Balaban J connectivity index is 2.33. The number of hydrogen-bond acceptors (Lipinski definition) is 5. The van der Waals surface area contributed by atoms with Gasteiger partial charge >= 0.3 is 0 Å². The largest absolute Gasteiger partial charge is 0.348 e. The molecule has 2 aromatic rings. The van der Waals surface area contributed by atoms with Gasteiger partial charge in [0.05, 0.1) is 11.4 Å². The van der Waals surface area contributed by atoms with Gasteiger partial charge in [0.15, 0.2) is 5.13 Å². The number of halogens is 1. The molecule has 6 nitrogen and oxygen atoms in total. The maximum atomic E-state index is 12.1. The Morgan fingerprint density at radius 1 is 1.50 bits per heavy atom. The third-order valence-corrected chi connectivity index (χ3v) is 4.23. The van der Waals surface area contributed by atoms with Gasteiger partial charge in [0.25, 0.3) is 5.91 Å². The molecule has 0 bridgehead atoms. The highest BCUT2D eigenvalue weighted by molar-refractivity contribution is 7.14. The number of nitrogens with zero attached hydrogens (tertiary/aromatic N) is 3. The highest BCUT2D eigenvalue weighted by Gasteiger charge is 2.18. The maximum absolute atomic E-state index is 12.1. The van der Waals surface area contributed by atoms with Gasteiger partial charge in [-0.3, -0.25) is 14.5 Å². The third-order valence-electron chi connectivity index (χ3n) is 3.15. The molecule has 1 aromatic carbocycles. The summed E-state index contributed by atoms with van der Waals surface area (Å²) in [6.07, 6.45) is 2.89. The van der Waals surface area contributed by atoms with E-state index in [1.165, 1.54) is 35.3 Å². The molecule has 0 radical (unpaired) electrons. The second kappa shape index (κ2) is 8.94. The molecular formula is C18H15ClN4O2S. The van der Waals surface area contributed by atoms with E-state index in [9.17, 15) is 9.59 Å². The van der Waals surface area contributed by atoms with Gasteiger partial charge in [0.2, 0.25) is 5.91 Å². The number of benzene rings is 1. The molecule has 0 unspecified atom stereocenters. The van der Waals surface area contributed by atoms with Crippen LogP contribution in [-0.2, 0) is 9.59 Å². The van der Waals surface area contributed by atoms with E-state index in [-0.39, 0.29) is 18.0 Å². The number of rotatable bonds is 6. The second-order valence-corrected chi connectivity index (χ2v) is 6.33. The molecule has 0 saturated heterocycles. The summed E-state index contributed by atoms with van der Waals surface area (Å²) < 4.78 is 0. The van der Waals surface area contributed by atoms with E-state index >= 15 is 0 Å². The van der Waals surface area contributed by atoms with Crippen LogP contribution in [0.25, 0.3) is 6.08 Å². The Hall–Kier alpha value is -2.95. The number of thiazole rings is 1. The van der Waals surface area contributed by atoms with E-state index in [2.05, 4.69) is 16.9 Å². The number of aromatic nitrogens is 1. The number of anilines is 2. The van der Waals surface area contributed by atoms with Crippen molar-refractivity contribution in [2.45, 2.75) is 6.92 Å². The van der Waals surface area contributed by atoms with E-state index in [1.54, 1.807) is 29.6 Å². The Labute approximate surface area is 160 Å². The molecule has 0 aliphatic carbocycles. The van der Waals surface area contributed by atoms with Gasteiger partial charge in [-0.2, -0.15) is 5.26 Å². The summed E-state index contributed by atoms with van der Waals surface area (Å²) in [5.74, 6) is -0.749. The summed E-state index contributed by atoms with van der Waals surface area (Å²) in [7, 11) is 0. The SMILES string of the molecule is C=CCNC(=O)/C(C#N)=C/c1csc(N(C(C)=O)c2cccc(Cl)c2)n1. The van der Waals surface area contributed by atoms with Crippen molar-refractivity contribution in [1.82, 2.24) is 10.3 Å². The second-order valence-electron chi connectivity index (χ2n) is 5.06. The van der Waals surface area contributed by atoms with Crippen LogP contribution in [0.4, 0.5) is 10.8 Å². The molecule has 2 rings (SSSR count). The first-order chi connectivity index (χ1) is 12.5. The molecule has 0 fully saturated rings. The first kappa shape index (κ1) is 19.4. The van der Waals surface area contributed by atoms with Crippen molar-refractivity contribution < 1.29 is 9.59 Å². The molecule has 0 spiro atoms. The monoisotopic (exact) mass is 386 g/mol. The highest BCUT2D eigenvalue weighted by Crippen LogP contribution is 2.30. The fourth-order valence-corrected chi connectivity index (χ4v) is 3.07. The molecule has 1 N–H and O–H groups in total. The smallest absolute Gasteiger partial charge is 0.262 e. The van der Waals surface area contributed by atoms with Crippen molar-refractivity contribution in [3.8, 4) is 6.07 Å². The minimum atomic E-state index is -0.514. The van der Waals surface area contributed by atoms with Gasteiger partial charge in [-0.05, 0) is 24.3 Å². The molecule has 0 aliphatic heterocycles. The van der Waals surface area contributed by atoms with Crippen molar-refractivity contribution in [2.75, 3.05) is 11.4 Å². The zero-order valence-corrected chi connectivity index (χ0v) is 15.5. The first-order valence-corrected chi connectivity index (χ1v) is 8.74. The number of carbonyl (C=O) groups is 2. The highest BCUT2D eigenvalue weighted by atomic mass is 35.5. The maximum Gasteiger partial charge on any atom is 0.262 e. The molecule has 8 heteroatoms. The summed E-state index contributed by atoms with van der Waals surface area (Å²) >= 11 is 7.22. The van der Waals surface area contributed by atoms with Crippen LogP contribution in [0.3, 0.4) is 0 Å². The Bertz CT molecular complexity index is 914. The number of hydrogen-bond donors (Lipinski definition) is 1. The Kier molecular flexibility index (Phi) is 6.67. The van der Waals surface area contributed by atoms with Gasteiger partial charge in [-0.1, -0.05) is 23.7 Å². The van der Waals surface area contributed by atoms with Crippen molar-refractivity contribution in [3.63, 3.8) is 0 Å². The lowest BCUT2D eigenvalue weighted by molar-refractivity contribution is -0.117. The van der Waals surface area contributed by atoms with Gasteiger partial charge in [-0.15, -0.1) is 17.9 Å². The van der Waals surface area contributed by atoms with Crippen LogP contribution in [0, 0.1) is 11.3 Å². The number of nitriles is 1. The summed E-state index contributed by atoms with van der Waals surface area (Å²) in [6.45, 7) is 5.18. The topological polar surface area (TPSA) is 86.1 Å². The van der Waals surface area contributed by atoms with Crippen LogP contribution in [0.1, 0.15) is 12.6 Å². The van der Waals surface area contributed by atoms with Crippen molar-refractivity contribution in [2.24, 2.45) is 0 Å². The third kappa shape index (κ3) is 4.79. The fraction of sp³-hybridized carbons (Fsp3) is 0.111. The van der Waals surface area contributed by atoms with E-state index in [1.807, 2.05) is 6.07 Å². The Morgan fingerprint density at radius 3 is 2.88 bits per heavy atom. The summed E-state index contributed by atoms with van der Waals surface area (Å²) in [5.41, 5.74) is 0.906. The van der Waals surface area contributed by atoms with Gasteiger partial charge in [0, 0.05) is 23.9 Å². The fourth-order valence-electron chi connectivity index (χ4n) is 2.04. The molecule has 26 heavy (non-hydrogen) atoms. The van der Waals surface area contributed by atoms with E-state index in [0.29, 0.717) is 21.5 Å². The molecule has 0 atom stereocenters. The van der Waals surface area contributed by atoms with Crippen LogP contribution in [0.15, 0.2) is 47.9 Å². The van der Waals surface area contributed by atoms with Crippen molar-refractivity contribution in [1.29, 1.82) is 5.26 Å². The van der Waals surface area contributed by atoms with Gasteiger partial charge < -0.3 is 5.32 Å². The Morgan fingerprint density at radius 2 is 2.27 bits per heavy atom. The summed E-state index contributed by atoms with van der Waals surface area (Å²) in [5, 5.41) is 14.3. The lowest BCUT2D eigenvalue weighted by Crippen LogP contribution is -2.24. The summed E-state index contributed by atoms with van der Waals surface area (Å²) in [4.78, 5) is 29.7. The van der Waals surface area contributed by atoms with Crippen molar-refractivity contribution in [3.05, 3.63) is 58.6 Å². The van der Waals surface area contributed by atoms with Gasteiger partial charge in [-0.25, -0.2) is 4.98 Å². The predicted octanol–water partition coefficient (Wildman–Crippen LogP) is 3.69. The molecule has 0 aliphatic rings. The standard InChI is InChI=1S/C18H15ClN4O2S/c1-3-7-21-17(25)13(10-20)8-15-11-26-18(22-15)23(12(2)24)16-6-4-5-14(19)9-16/h3-6,8-9,11H,1,7H2,2H3,(H,21,25)/b13-8+. The van der Waals surface area contributed by atoms with Crippen LogP contribution in [0.2, 0.25) is 5.02 Å². The molecule has 0 saturated carbocycles.